The summed E-state index contributed by atoms with van der Waals surface area (Å²) in [6.07, 6.45) is 0.634. The fourth-order valence-electron chi connectivity index (χ4n) is 2.69. The van der Waals surface area contributed by atoms with E-state index in [1.165, 1.54) is 4.31 Å². The molecule has 0 unspecified atom stereocenters. The molecule has 110 valence electrons. The van der Waals surface area contributed by atoms with E-state index in [0.717, 1.165) is 16.7 Å². The highest BCUT2D eigenvalue weighted by Crippen LogP contribution is 2.25. The van der Waals surface area contributed by atoms with Gasteiger partial charge in [0.15, 0.2) is 0 Å². The van der Waals surface area contributed by atoms with Gasteiger partial charge in [-0.05, 0) is 38.3 Å². The van der Waals surface area contributed by atoms with Gasteiger partial charge in [-0.2, -0.15) is 4.31 Å². The van der Waals surface area contributed by atoms with Gasteiger partial charge in [-0.25, -0.2) is 8.42 Å². The summed E-state index contributed by atoms with van der Waals surface area (Å²) in [7, 11) is -3.62. The van der Waals surface area contributed by atoms with Crippen LogP contribution in [0.3, 0.4) is 0 Å². The van der Waals surface area contributed by atoms with Crippen molar-refractivity contribution < 1.29 is 13.2 Å². The zero-order chi connectivity index (χ0) is 14.9. The van der Waals surface area contributed by atoms with E-state index in [9.17, 15) is 13.2 Å². The lowest BCUT2D eigenvalue weighted by atomic mass is 10.1. The number of nitrogens with one attached hydrogen (secondary N) is 1. The molecule has 0 spiro atoms. The number of benzene rings is 1. The highest BCUT2D eigenvalue weighted by atomic mass is 32.2. The van der Waals surface area contributed by atoms with Crippen molar-refractivity contribution in [1.82, 2.24) is 9.62 Å². The third kappa shape index (κ3) is 2.86. The predicted molar refractivity (Wildman–Crippen MR) is 77.0 cm³/mol. The molecule has 1 fully saturated rings. The number of rotatable bonds is 2. The zero-order valence-corrected chi connectivity index (χ0v) is 12.9. The van der Waals surface area contributed by atoms with Crippen LogP contribution in [-0.2, 0) is 14.8 Å². The quantitative estimate of drug-likeness (QED) is 0.889. The molecule has 0 aliphatic carbocycles. The van der Waals surface area contributed by atoms with Crippen molar-refractivity contribution in [1.29, 1.82) is 0 Å². The topological polar surface area (TPSA) is 66.5 Å². The Kier molecular flexibility index (Phi) is 4.15. The average Bonchev–Trinajstić information content (AvgIpc) is 2.52. The lowest BCUT2D eigenvalue weighted by molar-refractivity contribution is -0.120. The first-order valence-electron chi connectivity index (χ1n) is 6.67. The van der Waals surface area contributed by atoms with Crippen molar-refractivity contribution in [2.75, 3.05) is 19.6 Å². The van der Waals surface area contributed by atoms with Crippen molar-refractivity contribution in [3.05, 3.63) is 28.8 Å². The fourth-order valence-corrected chi connectivity index (χ4v) is 4.53. The predicted octanol–water partition coefficient (Wildman–Crippen LogP) is 1.12. The maximum atomic E-state index is 12.8. The molecule has 0 aromatic heterocycles. The SMILES string of the molecule is Cc1cc(C)c(S(=O)(=O)N2CCCNC(=O)C2)c(C)c1. The van der Waals surface area contributed by atoms with Crippen LogP contribution in [0.4, 0.5) is 0 Å². The molecule has 0 radical (unpaired) electrons. The number of carbonyl (C=O) groups is 1. The van der Waals surface area contributed by atoms with Gasteiger partial charge in [0.25, 0.3) is 0 Å². The molecular formula is C14H20N2O3S. The Labute approximate surface area is 120 Å². The summed E-state index contributed by atoms with van der Waals surface area (Å²) in [6.45, 7) is 6.32. The van der Waals surface area contributed by atoms with Gasteiger partial charge in [0, 0.05) is 13.1 Å². The molecule has 1 heterocycles. The minimum absolute atomic E-state index is 0.102. The van der Waals surface area contributed by atoms with Crippen LogP contribution >= 0.6 is 0 Å². The van der Waals surface area contributed by atoms with Crippen molar-refractivity contribution in [3.63, 3.8) is 0 Å². The molecule has 0 atom stereocenters. The summed E-state index contributed by atoms with van der Waals surface area (Å²) < 4.78 is 26.8. The van der Waals surface area contributed by atoms with Gasteiger partial charge in [-0.3, -0.25) is 4.79 Å². The molecule has 6 heteroatoms. The number of sulfonamides is 1. The molecule has 1 aromatic carbocycles. The van der Waals surface area contributed by atoms with Crippen molar-refractivity contribution in [2.45, 2.75) is 32.1 Å². The van der Waals surface area contributed by atoms with Crippen LogP contribution in [0.5, 0.6) is 0 Å². The van der Waals surface area contributed by atoms with Crippen LogP contribution in [-0.4, -0.2) is 38.3 Å². The molecule has 1 aromatic rings. The third-order valence-electron chi connectivity index (χ3n) is 3.43. The first-order chi connectivity index (χ1) is 9.32. The van der Waals surface area contributed by atoms with Gasteiger partial charge < -0.3 is 5.32 Å². The van der Waals surface area contributed by atoms with Gasteiger partial charge >= 0.3 is 0 Å². The molecule has 1 aliphatic rings. The van der Waals surface area contributed by atoms with E-state index in [2.05, 4.69) is 5.32 Å². The Balaban J connectivity index is 2.47. The molecule has 0 saturated carbocycles. The van der Waals surface area contributed by atoms with E-state index < -0.39 is 10.0 Å². The monoisotopic (exact) mass is 296 g/mol. The van der Waals surface area contributed by atoms with Crippen LogP contribution in [0.1, 0.15) is 23.1 Å². The number of hydrogen-bond donors (Lipinski definition) is 1. The van der Waals surface area contributed by atoms with Crippen LogP contribution in [0.25, 0.3) is 0 Å². The van der Waals surface area contributed by atoms with Gasteiger partial charge in [0.1, 0.15) is 0 Å². The first-order valence-corrected chi connectivity index (χ1v) is 8.11. The highest BCUT2D eigenvalue weighted by molar-refractivity contribution is 7.89. The summed E-state index contributed by atoms with van der Waals surface area (Å²) in [5.74, 6) is -0.242. The highest BCUT2D eigenvalue weighted by Gasteiger charge is 2.30. The van der Waals surface area contributed by atoms with E-state index in [-0.39, 0.29) is 12.5 Å². The normalized spacial score (nSPS) is 17.6. The maximum absolute atomic E-state index is 12.8. The van der Waals surface area contributed by atoms with E-state index in [4.69, 9.17) is 0 Å². The molecule has 5 nitrogen and oxygen atoms in total. The maximum Gasteiger partial charge on any atom is 0.244 e. The molecule has 1 aliphatic heterocycles. The van der Waals surface area contributed by atoms with Gasteiger partial charge in [-0.1, -0.05) is 17.7 Å². The van der Waals surface area contributed by atoms with E-state index in [1.54, 1.807) is 13.8 Å². The Morgan fingerprint density at radius 2 is 1.75 bits per heavy atom. The standard InChI is InChI=1S/C14H20N2O3S/c1-10-7-11(2)14(12(3)8-10)20(18,19)16-6-4-5-15-13(17)9-16/h7-8H,4-6,9H2,1-3H3,(H,15,17). The van der Waals surface area contributed by atoms with Crippen LogP contribution in [0.2, 0.25) is 0 Å². The molecule has 1 amide bonds. The van der Waals surface area contributed by atoms with Gasteiger partial charge in [0.2, 0.25) is 15.9 Å². The van der Waals surface area contributed by atoms with Crippen LogP contribution in [0.15, 0.2) is 17.0 Å². The summed E-state index contributed by atoms with van der Waals surface area (Å²) >= 11 is 0. The van der Waals surface area contributed by atoms with E-state index in [1.807, 2.05) is 19.1 Å². The van der Waals surface area contributed by atoms with Gasteiger partial charge in [-0.15, -0.1) is 0 Å². The number of carbonyl (C=O) groups excluding carboxylic acids is 1. The third-order valence-corrected chi connectivity index (χ3v) is 5.58. The van der Waals surface area contributed by atoms with Crippen molar-refractivity contribution in [2.24, 2.45) is 0 Å². The lowest BCUT2D eigenvalue weighted by Crippen LogP contribution is -2.37. The molecule has 1 N–H and O–H groups in total. The Bertz CT molecular complexity index is 615. The number of aryl methyl sites for hydroxylation is 3. The summed E-state index contributed by atoms with van der Waals surface area (Å²) in [5, 5.41) is 2.69. The molecule has 2 rings (SSSR count). The number of nitrogens with zero attached hydrogens (tertiary/aromatic N) is 1. The number of amides is 1. The number of hydrogen-bond acceptors (Lipinski definition) is 3. The van der Waals surface area contributed by atoms with Crippen molar-refractivity contribution in [3.8, 4) is 0 Å². The first kappa shape index (κ1) is 15.0. The Morgan fingerprint density at radius 3 is 2.35 bits per heavy atom. The minimum Gasteiger partial charge on any atom is -0.355 e. The molecule has 20 heavy (non-hydrogen) atoms. The second-order valence-corrected chi connectivity index (χ2v) is 7.14. The zero-order valence-electron chi connectivity index (χ0n) is 12.1. The fraction of sp³-hybridized carbons (Fsp3) is 0.500. The molecule has 1 saturated heterocycles. The van der Waals surface area contributed by atoms with Gasteiger partial charge in [0.05, 0.1) is 11.4 Å². The minimum atomic E-state index is -3.62. The Morgan fingerprint density at radius 1 is 1.15 bits per heavy atom. The van der Waals surface area contributed by atoms with Crippen LogP contribution in [0, 0.1) is 20.8 Å². The summed E-state index contributed by atoms with van der Waals surface area (Å²) in [6, 6.07) is 3.72. The van der Waals surface area contributed by atoms with Crippen molar-refractivity contribution >= 4 is 15.9 Å². The van der Waals surface area contributed by atoms with E-state index in [0.29, 0.717) is 24.4 Å². The summed E-state index contributed by atoms with van der Waals surface area (Å²) in [5.41, 5.74) is 2.49. The average molecular weight is 296 g/mol. The second-order valence-electron chi connectivity index (χ2n) is 5.27. The molecule has 0 bridgehead atoms. The lowest BCUT2D eigenvalue weighted by Gasteiger charge is -2.21. The second kappa shape index (κ2) is 5.54. The Hall–Kier alpha value is -1.40. The van der Waals surface area contributed by atoms with Crippen LogP contribution < -0.4 is 5.32 Å². The van der Waals surface area contributed by atoms with E-state index >= 15 is 0 Å². The largest absolute Gasteiger partial charge is 0.355 e. The smallest absolute Gasteiger partial charge is 0.244 e. The molecular weight excluding hydrogens is 276 g/mol. The summed E-state index contributed by atoms with van der Waals surface area (Å²) in [4.78, 5) is 11.9.